The van der Waals surface area contributed by atoms with Crippen molar-refractivity contribution in [3.63, 3.8) is 0 Å². The van der Waals surface area contributed by atoms with E-state index in [4.69, 9.17) is 44.3 Å². The third kappa shape index (κ3) is 8.24. The van der Waals surface area contributed by atoms with E-state index in [0.717, 1.165) is 0 Å². The molecule has 3 aromatic rings. The van der Waals surface area contributed by atoms with Gasteiger partial charge in [0, 0.05) is 36.0 Å². The summed E-state index contributed by atoms with van der Waals surface area (Å²) in [7, 11) is -9.43. The Morgan fingerprint density at radius 3 is 2.46 bits per heavy atom. The van der Waals surface area contributed by atoms with Crippen molar-refractivity contribution in [1.29, 1.82) is 5.26 Å². The van der Waals surface area contributed by atoms with Crippen LogP contribution in [0.5, 0.6) is 5.75 Å². The Morgan fingerprint density at radius 2 is 1.77 bits per heavy atom. The molecule has 0 amide bonds. The van der Waals surface area contributed by atoms with Crippen LogP contribution in [0.4, 0.5) is 24.1 Å². The molecule has 1 unspecified atom stereocenters. The number of rotatable bonds is 7. The average molecular weight is 793 g/mol. The lowest BCUT2D eigenvalue weighted by atomic mass is 9.88. The SMILES string of the molecule is N#Cc1c(Cl)nc2c(ccn2[C@@H]2O[C@H](CS(=O)(=O)CP3(=O)OCOC(=O)OCc4ccccc4OC(=O)OCO3)[C@@H](O)[C@H]2O)c1NC1CC(F)(F)C1. The second-order valence-electron chi connectivity index (χ2n) is 11.8. The van der Waals surface area contributed by atoms with Gasteiger partial charge in [-0.3, -0.25) is 13.6 Å². The van der Waals surface area contributed by atoms with Gasteiger partial charge in [-0.1, -0.05) is 29.8 Å². The highest BCUT2D eigenvalue weighted by molar-refractivity contribution is 7.97. The number of halogens is 3. The van der Waals surface area contributed by atoms with Crippen molar-refractivity contribution in [1.82, 2.24) is 9.55 Å². The van der Waals surface area contributed by atoms with Crippen molar-refractivity contribution in [2.24, 2.45) is 0 Å². The number of cyclic esters (lactones) is 3. The van der Waals surface area contributed by atoms with Gasteiger partial charge >= 0.3 is 19.9 Å². The average Bonchev–Trinajstić information content (AvgIpc) is 3.58. The van der Waals surface area contributed by atoms with Gasteiger partial charge in [-0.05, 0) is 12.1 Å². The van der Waals surface area contributed by atoms with Crippen molar-refractivity contribution in [2.75, 3.05) is 30.1 Å². The standard InChI is InChI=1S/C29H28ClF2N4O14PS/c30-24-18(9-33)21(34-16-7-29(31,32)8-16)17-5-6-36(25(17)35-24)26-23(38)22(37)20(49-26)11-52(42,43)14-51(41)47-12-45-27(39)44-10-15-3-1-2-4-19(15)50-28(40)46-13-48-51/h1-6,16,20,22-23,26,37-38H,7-8,10-14H2,(H,34,35)/t20-,22-,23-,26-,51?/m1/s1. The Hall–Kier alpha value is -4.13. The fraction of sp³-hybridized carbons (Fsp3) is 0.448. The predicted molar refractivity (Wildman–Crippen MR) is 170 cm³/mol. The molecule has 0 spiro atoms. The molecule has 2 aliphatic heterocycles. The van der Waals surface area contributed by atoms with Gasteiger partial charge in [0.05, 0.1) is 11.4 Å². The molecule has 3 N–H and O–H groups in total. The number of carbonyl (C=O) groups excluding carboxylic acids is 2. The number of alkyl halides is 2. The molecule has 1 aliphatic carbocycles. The number of hydrogen-bond acceptors (Lipinski definition) is 17. The summed E-state index contributed by atoms with van der Waals surface area (Å²) in [6, 6.07) is 8.58. The summed E-state index contributed by atoms with van der Waals surface area (Å²) < 4.78 is 103. The number of nitrogens with one attached hydrogen (secondary N) is 1. The maximum absolute atomic E-state index is 13.5. The first-order valence-corrected chi connectivity index (χ1v) is 19.1. The van der Waals surface area contributed by atoms with Crippen LogP contribution in [0.1, 0.15) is 30.2 Å². The Bertz CT molecular complexity index is 2070. The molecule has 2 aromatic heterocycles. The minimum atomic E-state index is -4.82. The first kappa shape index (κ1) is 37.6. The van der Waals surface area contributed by atoms with Gasteiger partial charge in [-0.25, -0.2) is 31.8 Å². The third-order valence-electron chi connectivity index (χ3n) is 8.12. The molecular weight excluding hydrogens is 765 g/mol. The topological polar surface area (TPSA) is 244 Å². The normalized spacial score (nSPS) is 27.2. The minimum absolute atomic E-state index is 0.00356. The number of aliphatic hydroxyl groups excluding tert-OH is 2. The van der Waals surface area contributed by atoms with Crippen molar-refractivity contribution < 1.29 is 74.3 Å². The highest BCUT2D eigenvalue weighted by Crippen LogP contribution is 2.50. The first-order chi connectivity index (χ1) is 24.6. The van der Waals surface area contributed by atoms with Gasteiger partial charge in [0.2, 0.25) is 13.6 Å². The summed E-state index contributed by atoms with van der Waals surface area (Å²) in [6.07, 6.45) is -9.00. The molecule has 52 heavy (non-hydrogen) atoms. The van der Waals surface area contributed by atoms with E-state index in [0.29, 0.717) is 0 Å². The van der Waals surface area contributed by atoms with E-state index in [2.05, 4.69) is 10.3 Å². The van der Waals surface area contributed by atoms with Crippen LogP contribution in [-0.4, -0.2) is 95.6 Å². The van der Waals surface area contributed by atoms with Gasteiger partial charge in [0.25, 0.3) is 5.92 Å². The Labute approximate surface area is 297 Å². The van der Waals surface area contributed by atoms with E-state index in [1.807, 2.05) is 6.07 Å². The van der Waals surface area contributed by atoms with Crippen LogP contribution in [0.3, 0.4) is 0 Å². The van der Waals surface area contributed by atoms with Crippen LogP contribution < -0.4 is 10.1 Å². The van der Waals surface area contributed by atoms with Gasteiger partial charge in [-0.2, -0.15) is 5.26 Å². The van der Waals surface area contributed by atoms with Crippen LogP contribution >= 0.6 is 19.2 Å². The zero-order valence-electron chi connectivity index (χ0n) is 26.4. The number of anilines is 1. The Kier molecular flexibility index (Phi) is 10.6. The van der Waals surface area contributed by atoms with E-state index in [1.54, 1.807) is 6.07 Å². The molecule has 3 aliphatic rings. The summed E-state index contributed by atoms with van der Waals surface area (Å²) in [5.41, 5.74) is -1.15. The van der Waals surface area contributed by atoms with Gasteiger partial charge in [-0.15, -0.1) is 0 Å². The van der Waals surface area contributed by atoms with Crippen LogP contribution in [0.25, 0.3) is 11.0 Å². The number of benzene rings is 1. The van der Waals surface area contributed by atoms with Crippen molar-refractivity contribution >= 4 is 58.1 Å². The van der Waals surface area contributed by atoms with E-state index in [9.17, 15) is 46.8 Å². The van der Waals surface area contributed by atoms with Crippen LogP contribution in [-0.2, 0) is 49.0 Å². The molecule has 280 valence electrons. The maximum atomic E-state index is 13.5. The fourth-order valence-corrected chi connectivity index (χ4v) is 10.1. The summed E-state index contributed by atoms with van der Waals surface area (Å²) in [5, 5.41) is 34.2. The number of hydrogen-bond donors (Lipinski definition) is 3. The number of carbonyl (C=O) groups is 2. The molecule has 5 atom stereocenters. The lowest BCUT2D eigenvalue weighted by molar-refractivity contribution is -0.0793. The molecule has 1 saturated carbocycles. The van der Waals surface area contributed by atoms with Gasteiger partial charge < -0.3 is 43.8 Å². The highest BCUT2D eigenvalue weighted by atomic mass is 35.5. The lowest BCUT2D eigenvalue weighted by Gasteiger charge is -2.36. The molecule has 1 aromatic carbocycles. The second kappa shape index (κ2) is 14.7. The predicted octanol–water partition coefficient (Wildman–Crippen LogP) is 3.79. The second-order valence-corrected chi connectivity index (χ2v) is 16.8. The van der Waals surface area contributed by atoms with Crippen molar-refractivity contribution in [3.8, 4) is 11.8 Å². The summed E-state index contributed by atoms with van der Waals surface area (Å²) >= 11 is 6.25. The molecule has 2 fully saturated rings. The Morgan fingerprint density at radius 1 is 1.08 bits per heavy atom. The number of sulfone groups is 1. The van der Waals surface area contributed by atoms with Crippen molar-refractivity contribution in [2.45, 2.75) is 56.0 Å². The number of ether oxygens (including phenoxy) is 5. The van der Waals surface area contributed by atoms with Crippen LogP contribution in [0.15, 0.2) is 36.5 Å². The molecule has 6 rings (SSSR count). The number of nitrogens with zero attached hydrogens (tertiary/aromatic N) is 3. The number of aromatic nitrogens is 2. The summed E-state index contributed by atoms with van der Waals surface area (Å²) in [5.74, 6) is -3.98. The smallest absolute Gasteiger partial charge is 0.429 e. The molecule has 23 heteroatoms. The minimum Gasteiger partial charge on any atom is -0.429 e. The fourth-order valence-electron chi connectivity index (χ4n) is 5.65. The van der Waals surface area contributed by atoms with E-state index >= 15 is 0 Å². The number of nitriles is 1. The molecule has 0 bridgehead atoms. The van der Waals surface area contributed by atoms with Crippen molar-refractivity contribution in [3.05, 3.63) is 52.8 Å². The number of aliphatic hydroxyl groups is 2. The molecular formula is C29H28ClF2N4O14PS. The van der Waals surface area contributed by atoms with E-state index in [-0.39, 0.29) is 38.8 Å². The van der Waals surface area contributed by atoms with Gasteiger partial charge in [0.1, 0.15) is 47.9 Å². The first-order valence-electron chi connectivity index (χ1n) is 15.1. The molecule has 4 heterocycles. The van der Waals surface area contributed by atoms with E-state index < -0.39 is 111 Å². The molecule has 1 saturated heterocycles. The van der Waals surface area contributed by atoms with Gasteiger partial charge in [0.15, 0.2) is 26.7 Å². The largest absolute Gasteiger partial charge is 0.516 e. The molecule has 0 radical (unpaired) electrons. The quantitative estimate of drug-likeness (QED) is 0.133. The zero-order chi connectivity index (χ0) is 37.4. The monoisotopic (exact) mass is 792 g/mol. The number of para-hydroxylation sites is 1. The highest BCUT2D eigenvalue weighted by Gasteiger charge is 2.48. The summed E-state index contributed by atoms with van der Waals surface area (Å²) in [6.45, 7) is -2.64. The van der Waals surface area contributed by atoms with Crippen LogP contribution in [0.2, 0.25) is 5.15 Å². The van der Waals surface area contributed by atoms with Crippen LogP contribution in [0, 0.1) is 11.3 Å². The number of pyridine rings is 1. The maximum Gasteiger partial charge on any atom is 0.516 e. The third-order valence-corrected chi connectivity index (χ3v) is 13.1. The molecule has 18 nitrogen and oxygen atoms in total. The summed E-state index contributed by atoms with van der Waals surface area (Å²) in [4.78, 5) is 28.4. The number of fused-ring (bicyclic) bond motifs is 2. The lowest BCUT2D eigenvalue weighted by Crippen LogP contribution is -2.44. The van der Waals surface area contributed by atoms with E-state index in [1.165, 1.54) is 35.0 Å². The zero-order valence-corrected chi connectivity index (χ0v) is 28.9. The Balaban J connectivity index is 1.16.